The van der Waals surface area contributed by atoms with E-state index in [4.69, 9.17) is 25.3 Å². The highest BCUT2D eigenvalue weighted by molar-refractivity contribution is 7.87. The smallest absolute Gasteiger partial charge is 0.339 e. The Morgan fingerprint density at radius 1 is 1.10 bits per heavy atom. The number of methoxy groups -OCH3 is 2. The number of hydrogen-bond acceptors (Lipinski definition) is 6. The normalized spacial score (nSPS) is 11.3. The summed E-state index contributed by atoms with van der Waals surface area (Å²) in [6, 6.07) is 8.63. The average molecular weight is 446 g/mol. The van der Waals surface area contributed by atoms with Crippen LogP contribution in [0.3, 0.4) is 0 Å². The summed E-state index contributed by atoms with van der Waals surface area (Å²) in [5.74, 6) is -0.871. The highest BCUT2D eigenvalue weighted by atomic mass is 35.5. The summed E-state index contributed by atoms with van der Waals surface area (Å²) in [7, 11) is -1.31. The molecule has 0 spiro atoms. The standard InChI is InChI=1S/C19H21ClFNO6S/c1-26-10-9-22(19(23)13-27-2)12-14-11-15(20)3-8-18(14)28-29(24,25)17-6-4-16(21)5-7-17/h3-8,11H,9-10,12-13H2,1-2H3. The molecule has 0 N–H and O–H groups in total. The zero-order chi connectivity index (χ0) is 21.4. The second-order valence-corrected chi connectivity index (χ2v) is 7.97. The van der Waals surface area contributed by atoms with Gasteiger partial charge in [0, 0.05) is 37.9 Å². The van der Waals surface area contributed by atoms with E-state index in [2.05, 4.69) is 0 Å². The van der Waals surface area contributed by atoms with Gasteiger partial charge in [0.2, 0.25) is 5.91 Å². The van der Waals surface area contributed by atoms with E-state index in [0.717, 1.165) is 24.3 Å². The van der Waals surface area contributed by atoms with Gasteiger partial charge >= 0.3 is 10.1 Å². The molecule has 0 atom stereocenters. The van der Waals surface area contributed by atoms with E-state index in [1.807, 2.05) is 0 Å². The molecule has 7 nitrogen and oxygen atoms in total. The lowest BCUT2D eigenvalue weighted by Crippen LogP contribution is -2.36. The summed E-state index contributed by atoms with van der Waals surface area (Å²) in [6.07, 6.45) is 0. The number of benzene rings is 2. The van der Waals surface area contributed by atoms with E-state index in [0.29, 0.717) is 10.6 Å². The molecule has 10 heteroatoms. The van der Waals surface area contributed by atoms with Crippen LogP contribution < -0.4 is 4.18 Å². The van der Waals surface area contributed by atoms with Gasteiger partial charge in [-0.25, -0.2) is 4.39 Å². The highest BCUT2D eigenvalue weighted by Gasteiger charge is 2.21. The summed E-state index contributed by atoms with van der Waals surface area (Å²) < 4.78 is 53.3. The van der Waals surface area contributed by atoms with Crippen LogP contribution in [-0.2, 0) is 30.9 Å². The van der Waals surface area contributed by atoms with Gasteiger partial charge in [-0.05, 0) is 42.5 Å². The van der Waals surface area contributed by atoms with Crippen LogP contribution >= 0.6 is 11.6 Å². The van der Waals surface area contributed by atoms with Crippen LogP contribution in [0.25, 0.3) is 0 Å². The summed E-state index contributed by atoms with van der Waals surface area (Å²) in [5.41, 5.74) is 0.378. The van der Waals surface area contributed by atoms with Crippen LogP contribution in [0.4, 0.5) is 4.39 Å². The molecular weight excluding hydrogens is 425 g/mol. The molecule has 158 valence electrons. The lowest BCUT2D eigenvalue weighted by atomic mass is 10.2. The van der Waals surface area contributed by atoms with Crippen molar-refractivity contribution in [2.45, 2.75) is 11.4 Å². The first-order valence-corrected chi connectivity index (χ1v) is 10.3. The van der Waals surface area contributed by atoms with E-state index in [1.165, 1.54) is 37.3 Å². The molecule has 2 aromatic rings. The fourth-order valence-electron chi connectivity index (χ4n) is 2.43. The maximum Gasteiger partial charge on any atom is 0.339 e. The van der Waals surface area contributed by atoms with Crippen molar-refractivity contribution in [2.24, 2.45) is 0 Å². The number of halogens is 2. The SMILES string of the molecule is COCCN(Cc1cc(Cl)ccc1OS(=O)(=O)c1ccc(F)cc1)C(=O)COC. The molecule has 0 unspecified atom stereocenters. The van der Waals surface area contributed by atoms with Crippen molar-refractivity contribution in [1.29, 1.82) is 0 Å². The Balaban J connectivity index is 2.32. The third-order valence-corrected chi connectivity index (χ3v) is 5.35. The largest absolute Gasteiger partial charge is 0.383 e. The molecule has 0 bridgehead atoms. The monoisotopic (exact) mass is 445 g/mol. The summed E-state index contributed by atoms with van der Waals surface area (Å²) >= 11 is 6.05. The first-order valence-electron chi connectivity index (χ1n) is 8.51. The average Bonchev–Trinajstić information content (AvgIpc) is 2.67. The van der Waals surface area contributed by atoms with Gasteiger partial charge in [-0.15, -0.1) is 0 Å². The molecule has 0 radical (unpaired) electrons. The number of nitrogens with zero attached hydrogens (tertiary/aromatic N) is 1. The minimum atomic E-state index is -4.21. The molecule has 2 rings (SSSR count). The van der Waals surface area contributed by atoms with Crippen LogP contribution in [0.1, 0.15) is 5.56 Å². The van der Waals surface area contributed by atoms with E-state index < -0.39 is 15.9 Å². The predicted molar refractivity (Wildman–Crippen MR) is 105 cm³/mol. The van der Waals surface area contributed by atoms with Crippen LogP contribution in [0.15, 0.2) is 47.4 Å². The van der Waals surface area contributed by atoms with E-state index in [9.17, 15) is 17.6 Å². The molecule has 0 aliphatic rings. The van der Waals surface area contributed by atoms with Gasteiger partial charge in [-0.2, -0.15) is 8.42 Å². The van der Waals surface area contributed by atoms with Gasteiger partial charge < -0.3 is 18.6 Å². The molecule has 0 aliphatic carbocycles. The second kappa shape index (κ2) is 10.5. The zero-order valence-corrected chi connectivity index (χ0v) is 17.5. The van der Waals surface area contributed by atoms with Gasteiger partial charge in [-0.3, -0.25) is 4.79 Å². The number of carbonyl (C=O) groups is 1. The van der Waals surface area contributed by atoms with Gasteiger partial charge in [0.1, 0.15) is 23.1 Å². The van der Waals surface area contributed by atoms with E-state index in [1.54, 1.807) is 0 Å². The molecule has 0 aromatic heterocycles. The van der Waals surface area contributed by atoms with Crippen molar-refractivity contribution < 1.29 is 31.3 Å². The number of hydrogen-bond donors (Lipinski definition) is 0. The Morgan fingerprint density at radius 2 is 1.79 bits per heavy atom. The maximum atomic E-state index is 13.1. The Kier molecular flexibility index (Phi) is 8.39. The van der Waals surface area contributed by atoms with Gasteiger partial charge in [0.05, 0.1) is 6.61 Å². The molecule has 2 aromatic carbocycles. The van der Waals surface area contributed by atoms with Crippen molar-refractivity contribution in [3.63, 3.8) is 0 Å². The van der Waals surface area contributed by atoms with Crippen molar-refractivity contribution in [2.75, 3.05) is 34.0 Å². The molecule has 0 fully saturated rings. The van der Waals surface area contributed by atoms with E-state index >= 15 is 0 Å². The zero-order valence-electron chi connectivity index (χ0n) is 15.9. The lowest BCUT2D eigenvalue weighted by molar-refractivity contribution is -0.136. The fraction of sp³-hybridized carbons (Fsp3) is 0.316. The first-order chi connectivity index (χ1) is 13.8. The molecular formula is C19H21ClFNO6S. The summed E-state index contributed by atoms with van der Waals surface area (Å²) in [6.45, 7) is 0.421. The van der Waals surface area contributed by atoms with Crippen molar-refractivity contribution in [3.8, 4) is 5.75 Å². The van der Waals surface area contributed by atoms with Gasteiger partial charge in [0.15, 0.2) is 0 Å². The topological polar surface area (TPSA) is 82.1 Å². The lowest BCUT2D eigenvalue weighted by Gasteiger charge is -2.23. The van der Waals surface area contributed by atoms with Crippen molar-refractivity contribution in [3.05, 3.63) is 58.9 Å². The molecule has 0 saturated heterocycles. The molecule has 0 saturated carbocycles. The number of rotatable bonds is 10. The van der Waals surface area contributed by atoms with Crippen LogP contribution in [0, 0.1) is 5.82 Å². The van der Waals surface area contributed by atoms with Crippen molar-refractivity contribution >= 4 is 27.6 Å². The summed E-state index contributed by atoms with van der Waals surface area (Å²) in [4.78, 5) is 13.5. The quantitative estimate of drug-likeness (QED) is 0.523. The first kappa shape index (κ1) is 23.1. The van der Waals surface area contributed by atoms with Crippen LogP contribution in [-0.4, -0.2) is 53.2 Å². The third kappa shape index (κ3) is 6.67. The minimum Gasteiger partial charge on any atom is -0.383 e. The maximum absolute atomic E-state index is 13.1. The molecule has 0 aliphatic heterocycles. The minimum absolute atomic E-state index is 0.00589. The summed E-state index contributed by atoms with van der Waals surface area (Å²) in [5, 5.41) is 0.345. The van der Waals surface area contributed by atoms with Crippen molar-refractivity contribution in [1.82, 2.24) is 4.90 Å². The second-order valence-electron chi connectivity index (χ2n) is 5.98. The number of ether oxygens (including phenoxy) is 2. The highest BCUT2D eigenvalue weighted by Crippen LogP contribution is 2.27. The Morgan fingerprint density at radius 3 is 2.41 bits per heavy atom. The molecule has 0 heterocycles. The van der Waals surface area contributed by atoms with Gasteiger partial charge in [0.25, 0.3) is 0 Å². The third-order valence-electron chi connectivity index (χ3n) is 3.87. The van der Waals surface area contributed by atoms with E-state index in [-0.39, 0.29) is 42.9 Å². The molecule has 1 amide bonds. The fourth-order valence-corrected chi connectivity index (χ4v) is 3.59. The number of carbonyl (C=O) groups excluding carboxylic acids is 1. The van der Waals surface area contributed by atoms with Gasteiger partial charge in [-0.1, -0.05) is 11.6 Å². The Hall–Kier alpha value is -2.20. The van der Waals surface area contributed by atoms with Crippen LogP contribution in [0.5, 0.6) is 5.75 Å². The Bertz CT molecular complexity index is 936. The number of amides is 1. The van der Waals surface area contributed by atoms with Crippen LogP contribution in [0.2, 0.25) is 5.02 Å². The molecule has 29 heavy (non-hydrogen) atoms. The predicted octanol–water partition coefficient (Wildman–Crippen LogP) is 2.87. The Labute approximate surface area is 174 Å².